The number of hydrogen-bond acceptors (Lipinski definition) is 3. The molecule has 1 aromatic rings. The van der Waals surface area contributed by atoms with Gasteiger partial charge in [0.15, 0.2) is 0 Å². The summed E-state index contributed by atoms with van der Waals surface area (Å²) in [5, 5.41) is 0. The van der Waals surface area contributed by atoms with E-state index >= 15 is 0 Å². The van der Waals surface area contributed by atoms with Crippen LogP contribution in [0.15, 0.2) is 30.3 Å². The highest BCUT2D eigenvalue weighted by Gasteiger charge is 2.49. The average molecular weight is 259 g/mol. The van der Waals surface area contributed by atoms with Gasteiger partial charge < -0.3 is 4.74 Å². The zero-order valence-corrected chi connectivity index (χ0v) is 11.4. The fourth-order valence-corrected chi connectivity index (χ4v) is 3.65. The van der Waals surface area contributed by atoms with Crippen LogP contribution in [0.3, 0.4) is 0 Å². The molecule has 0 spiro atoms. The molecule has 1 heterocycles. The lowest BCUT2D eigenvalue weighted by atomic mass is 9.98. The van der Waals surface area contributed by atoms with Crippen LogP contribution in [0.25, 0.3) is 0 Å². The van der Waals surface area contributed by atoms with E-state index in [2.05, 4.69) is 29.2 Å². The molecule has 3 nitrogen and oxygen atoms in total. The van der Waals surface area contributed by atoms with Crippen LogP contribution in [0.2, 0.25) is 0 Å². The molecular weight excluding hydrogens is 238 g/mol. The quantitative estimate of drug-likeness (QED) is 0.778. The Bertz CT molecular complexity index is 445. The molecule has 1 saturated carbocycles. The van der Waals surface area contributed by atoms with Gasteiger partial charge in [0.05, 0.1) is 6.61 Å². The Hall–Kier alpha value is -1.35. The van der Waals surface area contributed by atoms with Gasteiger partial charge in [0.1, 0.15) is 6.04 Å². The normalized spacial score (nSPS) is 29.6. The lowest BCUT2D eigenvalue weighted by Gasteiger charge is -2.33. The van der Waals surface area contributed by atoms with E-state index in [9.17, 15) is 4.79 Å². The van der Waals surface area contributed by atoms with Gasteiger partial charge in [0, 0.05) is 12.6 Å². The molecule has 0 unspecified atom stereocenters. The number of carbonyl (C=O) groups is 1. The zero-order valence-electron chi connectivity index (χ0n) is 11.4. The molecule has 0 radical (unpaired) electrons. The maximum absolute atomic E-state index is 12.2. The number of hydrogen-bond donors (Lipinski definition) is 0. The molecule has 0 N–H and O–H groups in total. The number of nitrogens with zero attached hydrogens (tertiary/aromatic N) is 1. The van der Waals surface area contributed by atoms with E-state index in [4.69, 9.17) is 4.74 Å². The van der Waals surface area contributed by atoms with Crippen LogP contribution in [0.5, 0.6) is 0 Å². The van der Waals surface area contributed by atoms with Crippen molar-refractivity contribution in [1.82, 2.24) is 4.90 Å². The van der Waals surface area contributed by atoms with Crippen molar-refractivity contribution in [2.24, 2.45) is 5.92 Å². The number of benzene rings is 1. The molecule has 1 aromatic carbocycles. The Morgan fingerprint density at radius 3 is 2.84 bits per heavy atom. The number of ether oxygens (including phenoxy) is 1. The number of rotatable bonds is 4. The van der Waals surface area contributed by atoms with E-state index in [1.807, 2.05) is 13.0 Å². The van der Waals surface area contributed by atoms with E-state index in [0.29, 0.717) is 18.6 Å². The molecule has 1 saturated heterocycles. The smallest absolute Gasteiger partial charge is 0.323 e. The van der Waals surface area contributed by atoms with Gasteiger partial charge >= 0.3 is 5.97 Å². The van der Waals surface area contributed by atoms with Crippen LogP contribution < -0.4 is 0 Å². The zero-order chi connectivity index (χ0) is 13.2. The van der Waals surface area contributed by atoms with Gasteiger partial charge in [-0.3, -0.25) is 9.69 Å². The largest absolute Gasteiger partial charge is 0.465 e. The van der Waals surface area contributed by atoms with Crippen LogP contribution in [0.4, 0.5) is 0 Å². The minimum absolute atomic E-state index is 0.0149. The van der Waals surface area contributed by atoms with Crippen LogP contribution in [0, 0.1) is 5.92 Å². The summed E-state index contributed by atoms with van der Waals surface area (Å²) in [7, 11) is 0. The van der Waals surface area contributed by atoms with Crippen LogP contribution in [-0.2, 0) is 16.1 Å². The predicted molar refractivity (Wildman–Crippen MR) is 73.5 cm³/mol. The molecule has 0 aromatic heterocycles. The summed E-state index contributed by atoms with van der Waals surface area (Å²) < 4.78 is 5.27. The van der Waals surface area contributed by atoms with Crippen molar-refractivity contribution >= 4 is 5.97 Å². The second kappa shape index (κ2) is 5.33. The van der Waals surface area contributed by atoms with Crippen molar-refractivity contribution in [3.63, 3.8) is 0 Å². The van der Waals surface area contributed by atoms with Crippen molar-refractivity contribution < 1.29 is 9.53 Å². The monoisotopic (exact) mass is 259 g/mol. The van der Waals surface area contributed by atoms with Gasteiger partial charge in [0.25, 0.3) is 0 Å². The molecule has 2 fully saturated rings. The third-order valence-corrected chi connectivity index (χ3v) is 4.45. The van der Waals surface area contributed by atoms with E-state index < -0.39 is 0 Å². The molecule has 0 amide bonds. The van der Waals surface area contributed by atoms with Gasteiger partial charge in [-0.05, 0) is 37.7 Å². The van der Waals surface area contributed by atoms with Crippen molar-refractivity contribution in [3.8, 4) is 0 Å². The summed E-state index contributed by atoms with van der Waals surface area (Å²) in [6, 6.07) is 11.0. The second-order valence-electron chi connectivity index (χ2n) is 5.58. The Balaban J connectivity index is 1.76. The average Bonchev–Trinajstić information content (AvgIpc) is 3.01. The maximum Gasteiger partial charge on any atom is 0.323 e. The van der Waals surface area contributed by atoms with Crippen LogP contribution >= 0.6 is 0 Å². The fourth-order valence-electron chi connectivity index (χ4n) is 3.65. The number of piperidine rings is 1. The number of likely N-dealkylation sites (tertiary alicyclic amines) is 1. The van der Waals surface area contributed by atoms with Gasteiger partial charge in [-0.15, -0.1) is 0 Å². The summed E-state index contributed by atoms with van der Waals surface area (Å²) in [4.78, 5) is 14.5. The van der Waals surface area contributed by atoms with Gasteiger partial charge in [-0.1, -0.05) is 30.3 Å². The lowest BCUT2D eigenvalue weighted by Crippen LogP contribution is -2.46. The Kier molecular flexibility index (Phi) is 3.56. The molecule has 102 valence electrons. The lowest BCUT2D eigenvalue weighted by molar-refractivity contribution is -0.151. The number of esters is 1. The molecule has 3 atom stereocenters. The summed E-state index contributed by atoms with van der Waals surface area (Å²) in [5.74, 6) is 0.485. The molecule has 2 aliphatic rings. The third-order valence-electron chi connectivity index (χ3n) is 4.45. The standard InChI is InChI=1S/C16H21NO2/c1-2-19-16(18)15-13-8-9-14(10-13)17(15)11-12-6-4-3-5-7-12/h3-7,13-15H,2,8-11H2,1H3/t13-,14+,15-/m0/s1. The maximum atomic E-state index is 12.2. The van der Waals surface area contributed by atoms with E-state index in [0.717, 1.165) is 13.0 Å². The SMILES string of the molecule is CCOC(=O)[C@@H]1[C@H]2CC[C@H](C2)N1Cc1ccccc1. The third kappa shape index (κ3) is 2.39. The fraction of sp³-hybridized carbons (Fsp3) is 0.562. The topological polar surface area (TPSA) is 29.5 Å². The second-order valence-corrected chi connectivity index (χ2v) is 5.58. The molecule has 3 heteroatoms. The molecule has 1 aliphatic heterocycles. The predicted octanol–water partition coefficient (Wildman–Crippen LogP) is 2.60. The van der Waals surface area contributed by atoms with Gasteiger partial charge in [0.2, 0.25) is 0 Å². The Morgan fingerprint density at radius 2 is 2.11 bits per heavy atom. The van der Waals surface area contributed by atoms with Gasteiger partial charge in [-0.25, -0.2) is 0 Å². The first-order valence-electron chi connectivity index (χ1n) is 7.26. The highest BCUT2D eigenvalue weighted by molar-refractivity contribution is 5.77. The molecule has 2 bridgehead atoms. The van der Waals surface area contributed by atoms with Crippen LogP contribution in [-0.4, -0.2) is 29.6 Å². The Labute approximate surface area is 114 Å². The van der Waals surface area contributed by atoms with Crippen LogP contribution in [0.1, 0.15) is 31.7 Å². The summed E-state index contributed by atoms with van der Waals surface area (Å²) in [6.07, 6.45) is 3.57. The summed E-state index contributed by atoms with van der Waals surface area (Å²) in [5.41, 5.74) is 1.28. The number of fused-ring (bicyclic) bond motifs is 2. The van der Waals surface area contributed by atoms with E-state index in [1.54, 1.807) is 0 Å². The molecule has 3 rings (SSSR count). The first kappa shape index (κ1) is 12.7. The van der Waals surface area contributed by atoms with Gasteiger partial charge in [-0.2, -0.15) is 0 Å². The first-order valence-corrected chi connectivity index (χ1v) is 7.26. The van der Waals surface area contributed by atoms with Crippen molar-refractivity contribution in [1.29, 1.82) is 0 Å². The van der Waals surface area contributed by atoms with Crippen molar-refractivity contribution in [2.75, 3.05) is 6.61 Å². The summed E-state index contributed by atoms with van der Waals surface area (Å²) in [6.45, 7) is 3.23. The highest BCUT2D eigenvalue weighted by atomic mass is 16.5. The van der Waals surface area contributed by atoms with Crippen molar-refractivity contribution in [3.05, 3.63) is 35.9 Å². The van der Waals surface area contributed by atoms with E-state index in [-0.39, 0.29) is 12.0 Å². The molecule has 19 heavy (non-hydrogen) atoms. The minimum atomic E-state index is -0.0226. The molecule has 1 aliphatic carbocycles. The highest BCUT2D eigenvalue weighted by Crippen LogP contribution is 2.43. The molecular formula is C16H21NO2. The minimum Gasteiger partial charge on any atom is -0.465 e. The summed E-state index contributed by atoms with van der Waals surface area (Å²) >= 11 is 0. The Morgan fingerprint density at radius 1 is 1.32 bits per heavy atom. The number of carbonyl (C=O) groups excluding carboxylic acids is 1. The van der Waals surface area contributed by atoms with E-state index in [1.165, 1.54) is 18.4 Å². The van der Waals surface area contributed by atoms with Crippen molar-refractivity contribution in [2.45, 2.75) is 44.8 Å². The first-order chi connectivity index (χ1) is 9.29.